The number of nitrogens with zero attached hydrogens (tertiary/aromatic N) is 1. The van der Waals surface area contributed by atoms with Gasteiger partial charge in [0.15, 0.2) is 5.78 Å². The Morgan fingerprint density at radius 2 is 1.74 bits per heavy atom. The Morgan fingerprint density at radius 1 is 1.16 bits per heavy atom. The number of ether oxygens (including phenoxy) is 1. The highest BCUT2D eigenvalue weighted by Gasteiger charge is 2.45. The maximum absolute atomic E-state index is 12.9. The van der Waals surface area contributed by atoms with Crippen LogP contribution in [0, 0.1) is 5.92 Å². The van der Waals surface area contributed by atoms with Gasteiger partial charge in [-0.15, -0.1) is 0 Å². The highest BCUT2D eigenvalue weighted by atomic mass is 16.5. The van der Waals surface area contributed by atoms with Crippen LogP contribution in [0.5, 0.6) is 0 Å². The minimum atomic E-state index is -0.133. The summed E-state index contributed by atoms with van der Waals surface area (Å²) in [7, 11) is 0. The van der Waals surface area contributed by atoms with Gasteiger partial charge in [0.2, 0.25) is 0 Å². The number of rotatable bonds is 6. The van der Waals surface area contributed by atoms with Crippen molar-refractivity contribution in [3.63, 3.8) is 0 Å². The molecular weight excluding hydrogens is 238 g/mol. The van der Waals surface area contributed by atoms with Crippen molar-refractivity contribution >= 4 is 5.78 Å². The fourth-order valence-corrected chi connectivity index (χ4v) is 3.75. The first-order chi connectivity index (χ1) is 9.23. The van der Waals surface area contributed by atoms with E-state index in [0.717, 1.165) is 58.4 Å². The van der Waals surface area contributed by atoms with Gasteiger partial charge in [-0.1, -0.05) is 39.5 Å². The van der Waals surface area contributed by atoms with Crippen LogP contribution in [0.1, 0.15) is 58.8 Å². The van der Waals surface area contributed by atoms with Gasteiger partial charge in [0.25, 0.3) is 0 Å². The standard InChI is InChI=1S/C16H29NO2/c1-3-14(4-2)13-15(18)16(7-5-6-8-16)17-9-11-19-12-10-17/h14H,3-13H2,1-2H3. The molecule has 0 aromatic rings. The minimum absolute atomic E-state index is 0.133. The lowest BCUT2D eigenvalue weighted by atomic mass is 9.83. The van der Waals surface area contributed by atoms with Gasteiger partial charge in [-0.25, -0.2) is 0 Å². The second-order valence-corrected chi connectivity index (χ2v) is 6.15. The van der Waals surface area contributed by atoms with E-state index in [0.29, 0.717) is 11.7 Å². The zero-order chi connectivity index (χ0) is 13.7. The Kier molecular flexibility index (Phi) is 5.40. The molecule has 2 aliphatic rings. The summed E-state index contributed by atoms with van der Waals surface area (Å²) in [5, 5.41) is 0. The summed E-state index contributed by atoms with van der Waals surface area (Å²) in [5.74, 6) is 1.09. The van der Waals surface area contributed by atoms with Crippen LogP contribution in [0.3, 0.4) is 0 Å². The number of carbonyl (C=O) groups is 1. The SMILES string of the molecule is CCC(CC)CC(=O)C1(N2CCOCC2)CCCC1. The van der Waals surface area contributed by atoms with Crippen molar-refractivity contribution < 1.29 is 9.53 Å². The number of carbonyl (C=O) groups excluding carboxylic acids is 1. The zero-order valence-corrected chi connectivity index (χ0v) is 12.6. The molecule has 0 aromatic heterocycles. The van der Waals surface area contributed by atoms with Gasteiger partial charge in [0.1, 0.15) is 0 Å². The summed E-state index contributed by atoms with van der Waals surface area (Å²) in [5.41, 5.74) is -0.133. The van der Waals surface area contributed by atoms with Gasteiger partial charge >= 0.3 is 0 Å². The van der Waals surface area contributed by atoms with Crippen molar-refractivity contribution in [1.82, 2.24) is 4.90 Å². The Morgan fingerprint density at radius 3 is 2.26 bits per heavy atom. The summed E-state index contributed by atoms with van der Waals surface area (Å²) in [6.45, 7) is 7.87. The molecule has 0 unspecified atom stereocenters. The Balaban J connectivity index is 2.07. The predicted molar refractivity (Wildman–Crippen MR) is 77.3 cm³/mol. The van der Waals surface area contributed by atoms with E-state index in [1.807, 2.05) is 0 Å². The third-order valence-electron chi connectivity index (χ3n) is 5.19. The number of hydrogen-bond donors (Lipinski definition) is 0. The summed E-state index contributed by atoms with van der Waals surface area (Å²) < 4.78 is 5.45. The van der Waals surface area contributed by atoms with Crippen molar-refractivity contribution in [3.05, 3.63) is 0 Å². The van der Waals surface area contributed by atoms with Gasteiger partial charge in [0.05, 0.1) is 18.8 Å². The van der Waals surface area contributed by atoms with Crippen LogP contribution in [-0.2, 0) is 9.53 Å². The van der Waals surface area contributed by atoms with Crippen LogP contribution >= 0.6 is 0 Å². The van der Waals surface area contributed by atoms with E-state index in [4.69, 9.17) is 4.74 Å². The molecule has 2 rings (SSSR count). The molecule has 0 atom stereocenters. The van der Waals surface area contributed by atoms with E-state index >= 15 is 0 Å². The molecule has 1 aliphatic heterocycles. The fraction of sp³-hybridized carbons (Fsp3) is 0.938. The molecule has 0 bridgehead atoms. The molecule has 1 saturated carbocycles. The monoisotopic (exact) mass is 267 g/mol. The first kappa shape index (κ1) is 15.0. The molecule has 0 N–H and O–H groups in total. The molecular formula is C16H29NO2. The minimum Gasteiger partial charge on any atom is -0.379 e. The average Bonchev–Trinajstić information content (AvgIpc) is 2.96. The normalized spacial score (nSPS) is 23.9. The molecule has 0 spiro atoms. The van der Waals surface area contributed by atoms with Crippen molar-refractivity contribution in [3.8, 4) is 0 Å². The Hall–Kier alpha value is -0.410. The molecule has 0 amide bonds. The van der Waals surface area contributed by atoms with Gasteiger partial charge < -0.3 is 4.74 Å². The van der Waals surface area contributed by atoms with Gasteiger partial charge in [0, 0.05) is 19.5 Å². The summed E-state index contributed by atoms with van der Waals surface area (Å²) in [6, 6.07) is 0. The van der Waals surface area contributed by atoms with Crippen LogP contribution < -0.4 is 0 Å². The van der Waals surface area contributed by atoms with E-state index in [1.54, 1.807) is 0 Å². The lowest BCUT2D eigenvalue weighted by Gasteiger charge is -2.42. The third kappa shape index (κ3) is 3.19. The van der Waals surface area contributed by atoms with E-state index in [9.17, 15) is 4.79 Å². The average molecular weight is 267 g/mol. The van der Waals surface area contributed by atoms with E-state index in [-0.39, 0.29) is 5.54 Å². The van der Waals surface area contributed by atoms with Crippen LogP contribution in [0.25, 0.3) is 0 Å². The highest BCUT2D eigenvalue weighted by molar-refractivity contribution is 5.89. The molecule has 1 heterocycles. The van der Waals surface area contributed by atoms with Crippen LogP contribution in [0.4, 0.5) is 0 Å². The highest BCUT2D eigenvalue weighted by Crippen LogP contribution is 2.38. The van der Waals surface area contributed by atoms with Crippen molar-refractivity contribution in [2.75, 3.05) is 26.3 Å². The number of ketones is 1. The van der Waals surface area contributed by atoms with E-state index < -0.39 is 0 Å². The smallest absolute Gasteiger partial charge is 0.153 e. The first-order valence-electron chi connectivity index (χ1n) is 8.09. The maximum atomic E-state index is 12.9. The molecule has 110 valence electrons. The van der Waals surface area contributed by atoms with E-state index in [1.165, 1.54) is 12.8 Å². The Bertz CT molecular complexity index is 287. The summed E-state index contributed by atoms with van der Waals surface area (Å²) in [6.07, 6.45) is 7.61. The fourth-order valence-electron chi connectivity index (χ4n) is 3.75. The molecule has 1 saturated heterocycles. The van der Waals surface area contributed by atoms with Gasteiger partial charge in [-0.2, -0.15) is 0 Å². The molecule has 0 radical (unpaired) electrons. The van der Waals surface area contributed by atoms with Gasteiger partial charge in [-0.05, 0) is 18.8 Å². The molecule has 3 heteroatoms. The summed E-state index contributed by atoms with van der Waals surface area (Å²) in [4.78, 5) is 15.4. The zero-order valence-electron chi connectivity index (χ0n) is 12.6. The third-order valence-corrected chi connectivity index (χ3v) is 5.19. The molecule has 0 aromatic carbocycles. The van der Waals surface area contributed by atoms with Crippen molar-refractivity contribution in [1.29, 1.82) is 0 Å². The maximum Gasteiger partial charge on any atom is 0.153 e. The van der Waals surface area contributed by atoms with Crippen molar-refractivity contribution in [2.24, 2.45) is 5.92 Å². The van der Waals surface area contributed by atoms with Crippen molar-refractivity contribution in [2.45, 2.75) is 64.3 Å². The number of hydrogen-bond acceptors (Lipinski definition) is 3. The lowest BCUT2D eigenvalue weighted by Crippen LogP contribution is -2.56. The van der Waals surface area contributed by atoms with Crippen LogP contribution in [-0.4, -0.2) is 42.5 Å². The number of Topliss-reactive ketones (excluding diaryl/α,β-unsaturated/α-hetero) is 1. The second kappa shape index (κ2) is 6.85. The second-order valence-electron chi connectivity index (χ2n) is 6.15. The number of morpholine rings is 1. The quantitative estimate of drug-likeness (QED) is 0.741. The topological polar surface area (TPSA) is 29.5 Å². The van der Waals surface area contributed by atoms with E-state index in [2.05, 4.69) is 18.7 Å². The Labute approximate surface area is 117 Å². The molecule has 2 fully saturated rings. The largest absolute Gasteiger partial charge is 0.379 e. The predicted octanol–water partition coefficient (Wildman–Crippen LogP) is 3.03. The summed E-state index contributed by atoms with van der Waals surface area (Å²) >= 11 is 0. The molecule has 3 nitrogen and oxygen atoms in total. The van der Waals surface area contributed by atoms with Crippen LogP contribution in [0.15, 0.2) is 0 Å². The molecule has 1 aliphatic carbocycles. The molecule has 19 heavy (non-hydrogen) atoms. The first-order valence-corrected chi connectivity index (χ1v) is 8.09. The van der Waals surface area contributed by atoms with Gasteiger partial charge in [-0.3, -0.25) is 9.69 Å². The van der Waals surface area contributed by atoms with Crippen LogP contribution in [0.2, 0.25) is 0 Å². The lowest BCUT2D eigenvalue weighted by molar-refractivity contribution is -0.135.